The van der Waals surface area contributed by atoms with E-state index in [1.807, 2.05) is 13.8 Å². The van der Waals surface area contributed by atoms with E-state index in [4.69, 9.17) is 21.1 Å². The number of carboxylic acid groups (broad SMARTS) is 1. The van der Waals surface area contributed by atoms with Crippen LogP contribution in [0.25, 0.3) is 5.70 Å². The number of hydrogen-bond donors (Lipinski definition) is 2. The van der Waals surface area contributed by atoms with E-state index in [0.717, 1.165) is 0 Å². The van der Waals surface area contributed by atoms with E-state index in [1.165, 1.54) is 18.3 Å². The lowest BCUT2D eigenvalue weighted by Crippen LogP contribution is -2.40. The van der Waals surface area contributed by atoms with Crippen molar-refractivity contribution in [2.24, 2.45) is 5.92 Å². The van der Waals surface area contributed by atoms with Gasteiger partial charge in [0.25, 0.3) is 0 Å². The summed E-state index contributed by atoms with van der Waals surface area (Å²) in [6, 6.07) is 2.84. The summed E-state index contributed by atoms with van der Waals surface area (Å²) < 4.78 is 52.4. The van der Waals surface area contributed by atoms with Crippen LogP contribution in [0, 0.1) is 5.92 Å². The second kappa shape index (κ2) is 9.60. The third kappa shape index (κ3) is 5.48. The zero-order valence-corrected chi connectivity index (χ0v) is 18.1. The highest BCUT2D eigenvalue weighted by Gasteiger charge is 2.35. The topological polar surface area (TPSA) is 88.5 Å². The summed E-state index contributed by atoms with van der Waals surface area (Å²) in [5.74, 6) is -0.560. The molecule has 3 rings (SSSR count). The highest BCUT2D eigenvalue weighted by molar-refractivity contribution is 6.32. The van der Waals surface area contributed by atoms with Crippen molar-refractivity contribution >= 4 is 23.3 Å². The molecule has 2 atom stereocenters. The minimum Gasteiger partial charge on any atom is -0.491 e. The molecule has 7 nitrogen and oxygen atoms in total. The van der Waals surface area contributed by atoms with Gasteiger partial charge < -0.3 is 29.3 Å². The molecule has 0 radical (unpaired) electrons. The second-order valence-electron chi connectivity index (χ2n) is 7.71. The lowest BCUT2D eigenvalue weighted by Gasteiger charge is -2.36. The number of rotatable bonds is 7. The van der Waals surface area contributed by atoms with Gasteiger partial charge in [0.15, 0.2) is 0 Å². The van der Waals surface area contributed by atoms with Crippen LogP contribution in [0.1, 0.15) is 19.4 Å². The first-order valence-corrected chi connectivity index (χ1v) is 10.2. The van der Waals surface area contributed by atoms with Crippen molar-refractivity contribution in [1.29, 1.82) is 0 Å². The number of hydrogen-bond acceptors (Lipinski definition) is 6. The fourth-order valence-corrected chi connectivity index (χ4v) is 3.66. The van der Waals surface area contributed by atoms with Gasteiger partial charge in [0.2, 0.25) is 0 Å². The maximum absolute atomic E-state index is 12.2. The molecule has 2 aliphatic heterocycles. The minimum absolute atomic E-state index is 0.0752. The summed E-state index contributed by atoms with van der Waals surface area (Å²) in [5.41, 5.74) is 0.905. The van der Waals surface area contributed by atoms with E-state index >= 15 is 0 Å². The van der Waals surface area contributed by atoms with Gasteiger partial charge in [-0.25, -0.2) is 4.79 Å². The Hall–Kier alpha value is -2.43. The van der Waals surface area contributed by atoms with E-state index in [1.54, 1.807) is 11.0 Å². The van der Waals surface area contributed by atoms with Crippen LogP contribution in [0.2, 0.25) is 5.02 Å². The molecule has 0 amide bonds. The molecule has 0 bridgehead atoms. The Kier molecular flexibility index (Phi) is 7.26. The number of nitrogens with zero attached hydrogens (tertiary/aromatic N) is 1. The van der Waals surface area contributed by atoms with Crippen molar-refractivity contribution in [3.8, 4) is 11.5 Å². The SMILES string of the molecule is CC(C)[C@@H]1COc2cc(OCCOCC(F)(F)F)c(Cl)cc2C2=CC(O)C(C(=O)O)=CN21. The summed E-state index contributed by atoms with van der Waals surface area (Å²) in [4.78, 5) is 13.3. The monoisotopic (exact) mass is 477 g/mol. The van der Waals surface area contributed by atoms with Crippen LogP contribution in [0.3, 0.4) is 0 Å². The number of ether oxygens (including phenoxy) is 3. The summed E-state index contributed by atoms with van der Waals surface area (Å²) in [7, 11) is 0. The number of carbonyl (C=O) groups is 1. The van der Waals surface area contributed by atoms with Crippen LogP contribution >= 0.6 is 11.6 Å². The van der Waals surface area contributed by atoms with E-state index in [2.05, 4.69) is 4.74 Å². The lowest BCUT2D eigenvalue weighted by atomic mass is 9.96. The van der Waals surface area contributed by atoms with Crippen molar-refractivity contribution in [3.63, 3.8) is 0 Å². The smallest absolute Gasteiger partial charge is 0.411 e. The van der Waals surface area contributed by atoms with Crippen LogP contribution in [-0.2, 0) is 9.53 Å². The van der Waals surface area contributed by atoms with Crippen molar-refractivity contribution < 1.29 is 42.4 Å². The van der Waals surface area contributed by atoms with Gasteiger partial charge in [0, 0.05) is 17.8 Å². The molecule has 11 heteroatoms. The average molecular weight is 478 g/mol. The van der Waals surface area contributed by atoms with E-state index in [0.29, 0.717) is 17.0 Å². The highest BCUT2D eigenvalue weighted by Crippen LogP contribution is 2.42. The summed E-state index contributed by atoms with van der Waals surface area (Å²) in [6.45, 7) is 2.34. The van der Waals surface area contributed by atoms with E-state index in [-0.39, 0.29) is 48.1 Å². The normalized spacial score (nSPS) is 20.6. The zero-order valence-electron chi connectivity index (χ0n) is 17.4. The molecule has 2 aliphatic rings. The molecule has 0 aromatic heterocycles. The number of carboxylic acids is 1. The zero-order chi connectivity index (χ0) is 23.6. The standard InChI is InChI=1S/C21H23ClF3NO6/c1-11(2)16-9-32-18-7-19(31-4-3-30-10-21(23,24)25)14(22)5-12(18)15-6-17(27)13(20(28)29)8-26(15)16/h5-8,11,16-17,27H,3-4,9-10H2,1-2H3,(H,28,29)/t16-,17?/m0/s1. The molecule has 176 valence electrons. The number of aliphatic hydroxyl groups excluding tert-OH is 1. The number of aliphatic hydroxyl groups is 1. The van der Waals surface area contributed by atoms with Crippen molar-refractivity contribution in [3.05, 3.63) is 40.6 Å². The molecule has 0 saturated heterocycles. The molecular weight excluding hydrogens is 455 g/mol. The van der Waals surface area contributed by atoms with Gasteiger partial charge in [-0.15, -0.1) is 0 Å². The first-order valence-electron chi connectivity index (χ1n) is 9.85. The Morgan fingerprint density at radius 2 is 2.06 bits per heavy atom. The number of aliphatic carboxylic acids is 1. The van der Waals surface area contributed by atoms with Gasteiger partial charge in [-0.2, -0.15) is 13.2 Å². The van der Waals surface area contributed by atoms with Gasteiger partial charge in [-0.05, 0) is 18.1 Å². The largest absolute Gasteiger partial charge is 0.491 e. The summed E-state index contributed by atoms with van der Waals surface area (Å²) >= 11 is 6.33. The molecular formula is C21H23ClF3NO6. The van der Waals surface area contributed by atoms with Crippen LogP contribution in [0.4, 0.5) is 13.2 Å². The van der Waals surface area contributed by atoms with Crippen LogP contribution in [0.15, 0.2) is 30.0 Å². The predicted octanol–water partition coefficient (Wildman–Crippen LogP) is 3.70. The van der Waals surface area contributed by atoms with Gasteiger partial charge in [0.1, 0.15) is 37.4 Å². The quantitative estimate of drug-likeness (QED) is 0.579. The Labute approximate surface area is 187 Å². The maximum Gasteiger partial charge on any atom is 0.411 e. The number of benzene rings is 1. The van der Waals surface area contributed by atoms with Crippen molar-refractivity contribution in [1.82, 2.24) is 4.90 Å². The molecule has 0 fully saturated rings. The molecule has 0 saturated carbocycles. The third-order valence-electron chi connectivity index (χ3n) is 5.04. The minimum atomic E-state index is -4.42. The summed E-state index contributed by atoms with van der Waals surface area (Å²) in [5, 5.41) is 19.9. The molecule has 0 spiro atoms. The van der Waals surface area contributed by atoms with Crippen molar-refractivity contribution in [2.75, 3.05) is 26.4 Å². The van der Waals surface area contributed by atoms with Crippen LogP contribution in [-0.4, -0.2) is 65.8 Å². The number of fused-ring (bicyclic) bond motifs is 3. The fraction of sp³-hybridized carbons (Fsp3) is 0.476. The molecule has 0 aliphatic carbocycles. The first-order chi connectivity index (χ1) is 15.0. The second-order valence-corrected chi connectivity index (χ2v) is 8.12. The average Bonchev–Trinajstić information content (AvgIpc) is 2.82. The molecule has 1 aromatic rings. The molecule has 2 N–H and O–H groups in total. The lowest BCUT2D eigenvalue weighted by molar-refractivity contribution is -0.175. The summed E-state index contributed by atoms with van der Waals surface area (Å²) in [6.07, 6.45) is -2.91. The van der Waals surface area contributed by atoms with Crippen molar-refractivity contribution in [2.45, 2.75) is 32.2 Å². The van der Waals surface area contributed by atoms with Crippen LogP contribution in [0.5, 0.6) is 11.5 Å². The molecule has 32 heavy (non-hydrogen) atoms. The Morgan fingerprint density at radius 3 is 2.69 bits per heavy atom. The Morgan fingerprint density at radius 1 is 1.34 bits per heavy atom. The van der Waals surface area contributed by atoms with Gasteiger partial charge in [-0.3, -0.25) is 0 Å². The van der Waals surface area contributed by atoms with Gasteiger partial charge in [-0.1, -0.05) is 25.4 Å². The first kappa shape index (κ1) is 24.2. The number of alkyl halides is 3. The van der Waals surface area contributed by atoms with E-state index in [9.17, 15) is 28.2 Å². The van der Waals surface area contributed by atoms with Crippen LogP contribution < -0.4 is 9.47 Å². The number of halogens is 4. The molecule has 1 unspecified atom stereocenters. The Balaban J connectivity index is 1.86. The Bertz CT molecular complexity index is 931. The molecule has 2 heterocycles. The van der Waals surface area contributed by atoms with E-state index < -0.39 is 24.9 Å². The third-order valence-corrected chi connectivity index (χ3v) is 5.33. The van der Waals surface area contributed by atoms with Gasteiger partial charge >= 0.3 is 12.1 Å². The highest BCUT2D eigenvalue weighted by atomic mass is 35.5. The fourth-order valence-electron chi connectivity index (χ4n) is 3.44. The van der Waals surface area contributed by atoms with Gasteiger partial charge in [0.05, 0.1) is 28.9 Å². The molecule has 1 aromatic carbocycles. The maximum atomic E-state index is 12.2. The predicted molar refractivity (Wildman–Crippen MR) is 109 cm³/mol.